The van der Waals surface area contributed by atoms with Gasteiger partial charge in [-0.05, 0) is 37.5 Å². The van der Waals surface area contributed by atoms with E-state index in [1.807, 2.05) is 0 Å². The van der Waals surface area contributed by atoms with Crippen molar-refractivity contribution < 1.29 is 29.0 Å². The quantitative estimate of drug-likeness (QED) is 0.745. The van der Waals surface area contributed by atoms with Crippen LogP contribution in [0.4, 0.5) is 10.5 Å². The molecule has 1 saturated heterocycles. The number of hydrogen-bond acceptors (Lipinski definition) is 6. The van der Waals surface area contributed by atoms with Crippen molar-refractivity contribution in [2.45, 2.75) is 32.7 Å². The number of aliphatic hydroxyl groups excluding tert-OH is 1. The number of anilines is 1. The van der Waals surface area contributed by atoms with Gasteiger partial charge in [0.2, 0.25) is 5.91 Å². The van der Waals surface area contributed by atoms with Crippen LogP contribution in [0.25, 0.3) is 5.57 Å². The summed E-state index contributed by atoms with van der Waals surface area (Å²) in [5, 5.41) is 12.9. The molecule has 9 heteroatoms. The van der Waals surface area contributed by atoms with E-state index in [9.17, 15) is 24.3 Å². The number of likely N-dealkylation sites (tertiary alicyclic amines) is 1. The van der Waals surface area contributed by atoms with Crippen molar-refractivity contribution in [1.82, 2.24) is 9.80 Å². The molecule has 29 heavy (non-hydrogen) atoms. The Morgan fingerprint density at radius 3 is 2.31 bits per heavy atom. The van der Waals surface area contributed by atoms with Crippen molar-refractivity contribution >= 4 is 35.1 Å². The van der Waals surface area contributed by atoms with Crippen molar-refractivity contribution in [2.75, 3.05) is 25.0 Å². The maximum Gasteiger partial charge on any atom is 0.409 e. The van der Waals surface area contributed by atoms with Crippen LogP contribution in [-0.2, 0) is 19.1 Å². The Labute approximate surface area is 167 Å². The summed E-state index contributed by atoms with van der Waals surface area (Å²) in [5.41, 5.74) is 0.875. The van der Waals surface area contributed by atoms with Crippen LogP contribution < -0.4 is 5.32 Å². The summed E-state index contributed by atoms with van der Waals surface area (Å²) in [6.45, 7) is 4.12. The molecule has 0 spiro atoms. The first-order valence-corrected chi connectivity index (χ1v) is 9.44. The molecule has 2 N–H and O–H groups in total. The smallest absolute Gasteiger partial charge is 0.409 e. The Balaban J connectivity index is 1.72. The molecule has 3 rings (SSSR count). The zero-order valence-electron chi connectivity index (χ0n) is 16.3. The fourth-order valence-electron chi connectivity index (χ4n) is 3.57. The topological polar surface area (TPSA) is 116 Å². The Kier molecular flexibility index (Phi) is 5.86. The molecule has 0 unspecified atom stereocenters. The number of ether oxygens (including phenoxy) is 1. The molecule has 2 aliphatic rings. The summed E-state index contributed by atoms with van der Waals surface area (Å²) in [6.07, 6.45) is 0.419. The Morgan fingerprint density at radius 2 is 1.76 bits per heavy atom. The Bertz CT molecular complexity index is 869. The van der Waals surface area contributed by atoms with Gasteiger partial charge in [0.15, 0.2) is 5.76 Å². The molecule has 0 bridgehead atoms. The van der Waals surface area contributed by atoms with Gasteiger partial charge < -0.3 is 20.1 Å². The molecule has 4 amide bonds. The number of nitrogens with zero attached hydrogens (tertiary/aromatic N) is 2. The number of imide groups is 1. The Hall–Kier alpha value is -3.36. The van der Waals surface area contributed by atoms with Gasteiger partial charge >= 0.3 is 6.09 Å². The van der Waals surface area contributed by atoms with E-state index in [4.69, 9.17) is 4.74 Å². The minimum Gasteiger partial charge on any atom is -0.502 e. The second kappa shape index (κ2) is 8.34. The van der Waals surface area contributed by atoms with Gasteiger partial charge in [-0.2, -0.15) is 0 Å². The standard InChI is InChI=1S/C20H23N3O6/c1-3-29-20(28)22-10-8-15(9-11-22)23-18(26)16(17(25)19(23)27)13-4-6-14(7-5-13)21-12(2)24/h4-7,15,25H,3,8-11H2,1-2H3,(H,21,24). The Morgan fingerprint density at radius 1 is 1.14 bits per heavy atom. The van der Waals surface area contributed by atoms with E-state index < -0.39 is 29.7 Å². The van der Waals surface area contributed by atoms with Crippen LogP contribution in [0.1, 0.15) is 32.3 Å². The SMILES string of the molecule is CCOC(=O)N1CCC(N2C(=O)C(O)=C(c3ccc(NC(C)=O)cc3)C2=O)CC1. The number of nitrogens with one attached hydrogen (secondary N) is 1. The second-order valence-corrected chi connectivity index (χ2v) is 6.88. The summed E-state index contributed by atoms with van der Waals surface area (Å²) >= 11 is 0. The first-order valence-electron chi connectivity index (χ1n) is 9.44. The van der Waals surface area contributed by atoms with Crippen LogP contribution in [0.15, 0.2) is 30.0 Å². The minimum atomic E-state index is -0.731. The summed E-state index contributed by atoms with van der Waals surface area (Å²) in [5.74, 6) is -2.11. The van der Waals surface area contributed by atoms with Gasteiger partial charge in [-0.3, -0.25) is 19.3 Å². The van der Waals surface area contributed by atoms with Crippen molar-refractivity contribution in [3.8, 4) is 0 Å². The zero-order valence-corrected chi connectivity index (χ0v) is 16.3. The van der Waals surface area contributed by atoms with E-state index >= 15 is 0 Å². The van der Waals surface area contributed by atoms with Crippen LogP contribution in [0.3, 0.4) is 0 Å². The zero-order chi connectivity index (χ0) is 21.1. The van der Waals surface area contributed by atoms with Gasteiger partial charge in [0, 0.05) is 31.7 Å². The lowest BCUT2D eigenvalue weighted by Gasteiger charge is -2.35. The molecule has 1 fully saturated rings. The molecule has 0 aromatic heterocycles. The predicted octanol–water partition coefficient (Wildman–Crippen LogP) is 1.90. The molecule has 9 nitrogen and oxygen atoms in total. The number of hydrogen-bond donors (Lipinski definition) is 2. The summed E-state index contributed by atoms with van der Waals surface area (Å²) in [6, 6.07) is 5.91. The largest absolute Gasteiger partial charge is 0.502 e. The minimum absolute atomic E-state index is 0.0582. The fraction of sp³-hybridized carbons (Fsp3) is 0.400. The monoisotopic (exact) mass is 401 g/mol. The third kappa shape index (κ3) is 4.08. The number of amides is 4. The normalized spacial score (nSPS) is 17.7. The number of carbonyl (C=O) groups is 4. The van der Waals surface area contributed by atoms with E-state index in [0.29, 0.717) is 37.2 Å². The first kappa shape index (κ1) is 20.4. The average Bonchev–Trinajstić information content (AvgIpc) is 2.91. The van der Waals surface area contributed by atoms with Crippen LogP contribution in [0, 0.1) is 0 Å². The molecular formula is C20H23N3O6. The van der Waals surface area contributed by atoms with E-state index in [1.165, 1.54) is 6.92 Å². The number of benzene rings is 1. The van der Waals surface area contributed by atoms with Crippen LogP contribution in [0.2, 0.25) is 0 Å². The second-order valence-electron chi connectivity index (χ2n) is 6.88. The summed E-state index contributed by atoms with van der Waals surface area (Å²) in [4.78, 5) is 51.0. The van der Waals surface area contributed by atoms with Gasteiger partial charge in [0.25, 0.3) is 11.8 Å². The van der Waals surface area contributed by atoms with Crippen LogP contribution in [-0.4, -0.2) is 64.5 Å². The number of carbonyl (C=O) groups excluding carboxylic acids is 4. The van der Waals surface area contributed by atoms with E-state index in [1.54, 1.807) is 36.1 Å². The maximum absolute atomic E-state index is 12.9. The summed E-state index contributed by atoms with van der Waals surface area (Å²) < 4.78 is 4.97. The predicted molar refractivity (Wildman–Crippen MR) is 104 cm³/mol. The lowest BCUT2D eigenvalue weighted by atomic mass is 10.0. The van der Waals surface area contributed by atoms with Gasteiger partial charge in [-0.1, -0.05) is 12.1 Å². The summed E-state index contributed by atoms with van der Waals surface area (Å²) in [7, 11) is 0. The molecular weight excluding hydrogens is 378 g/mol. The molecule has 0 radical (unpaired) electrons. The molecule has 0 atom stereocenters. The molecule has 2 heterocycles. The molecule has 0 aliphatic carbocycles. The van der Waals surface area contributed by atoms with Crippen molar-refractivity contribution in [3.63, 3.8) is 0 Å². The third-order valence-corrected chi connectivity index (χ3v) is 4.94. The van der Waals surface area contributed by atoms with Crippen molar-refractivity contribution in [2.24, 2.45) is 0 Å². The van der Waals surface area contributed by atoms with Gasteiger partial charge in [0.05, 0.1) is 12.2 Å². The van der Waals surface area contributed by atoms with Gasteiger partial charge in [-0.15, -0.1) is 0 Å². The van der Waals surface area contributed by atoms with Crippen molar-refractivity contribution in [3.05, 3.63) is 35.6 Å². The van der Waals surface area contributed by atoms with Gasteiger partial charge in [-0.25, -0.2) is 4.79 Å². The molecule has 0 saturated carbocycles. The van der Waals surface area contributed by atoms with Crippen LogP contribution >= 0.6 is 0 Å². The maximum atomic E-state index is 12.9. The molecule has 1 aromatic carbocycles. The first-order chi connectivity index (χ1) is 13.8. The third-order valence-electron chi connectivity index (χ3n) is 4.94. The molecule has 2 aliphatic heterocycles. The number of rotatable bonds is 4. The van der Waals surface area contributed by atoms with Crippen LogP contribution in [0.5, 0.6) is 0 Å². The number of piperidine rings is 1. The molecule has 154 valence electrons. The lowest BCUT2D eigenvalue weighted by molar-refractivity contribution is -0.141. The van der Waals surface area contributed by atoms with E-state index in [0.717, 1.165) is 4.90 Å². The highest BCUT2D eigenvalue weighted by atomic mass is 16.6. The average molecular weight is 401 g/mol. The fourth-order valence-corrected chi connectivity index (χ4v) is 3.57. The van der Waals surface area contributed by atoms with Gasteiger partial charge in [0.1, 0.15) is 0 Å². The van der Waals surface area contributed by atoms with E-state index in [-0.39, 0.29) is 18.1 Å². The lowest BCUT2D eigenvalue weighted by Crippen LogP contribution is -2.49. The van der Waals surface area contributed by atoms with Crippen molar-refractivity contribution in [1.29, 1.82) is 0 Å². The number of aliphatic hydroxyl groups is 1. The highest BCUT2D eigenvalue weighted by Gasteiger charge is 2.44. The van der Waals surface area contributed by atoms with E-state index in [2.05, 4.69) is 5.32 Å². The molecule has 1 aromatic rings. The highest BCUT2D eigenvalue weighted by Crippen LogP contribution is 2.32. The highest BCUT2D eigenvalue weighted by molar-refractivity contribution is 6.35.